The maximum absolute atomic E-state index is 11.6. The molecule has 2 aromatic heterocycles. The van der Waals surface area contributed by atoms with Crippen molar-refractivity contribution in [3.8, 4) is 0 Å². The van der Waals surface area contributed by atoms with E-state index in [0.717, 1.165) is 0 Å². The Balaban J connectivity index is 3.03. The number of aryl methyl sites for hydroxylation is 1. The number of hydrogen-bond donors (Lipinski definition) is 0. The first-order valence-corrected chi connectivity index (χ1v) is 3.84. The average molecular weight is 174 g/mol. The lowest BCUT2D eigenvalue weighted by Crippen LogP contribution is -2.22. The van der Waals surface area contributed by atoms with E-state index < -0.39 is 0 Å². The Labute approximate surface area is 74.9 Å². The van der Waals surface area contributed by atoms with Crippen LogP contribution >= 0.6 is 0 Å². The molecule has 2 heterocycles. The molecule has 2 rings (SSSR count). The second kappa shape index (κ2) is 2.65. The molecule has 0 aliphatic heterocycles. The van der Waals surface area contributed by atoms with E-state index >= 15 is 0 Å². The summed E-state index contributed by atoms with van der Waals surface area (Å²) in [6.45, 7) is 1.78. The second-order valence-electron chi connectivity index (χ2n) is 2.81. The van der Waals surface area contributed by atoms with Crippen molar-refractivity contribution in [1.29, 1.82) is 0 Å². The van der Waals surface area contributed by atoms with Gasteiger partial charge in [0, 0.05) is 0 Å². The maximum atomic E-state index is 11.6. The highest BCUT2D eigenvalue weighted by molar-refractivity contribution is 6.07. The van der Waals surface area contributed by atoms with E-state index in [0.29, 0.717) is 16.7 Å². The highest BCUT2D eigenvalue weighted by Crippen LogP contribution is 2.02. The minimum absolute atomic E-state index is 0.0857. The zero-order valence-electron chi connectivity index (χ0n) is 7.35. The summed E-state index contributed by atoms with van der Waals surface area (Å²) >= 11 is 0. The molecule has 0 saturated heterocycles. The molecule has 5 nitrogen and oxygen atoms in total. The van der Waals surface area contributed by atoms with Crippen molar-refractivity contribution >= 4 is 18.9 Å². The summed E-state index contributed by atoms with van der Waals surface area (Å²) in [7, 11) is 1.69. The molecule has 0 radical (unpaired) electrons. The summed E-state index contributed by atoms with van der Waals surface area (Å²) in [5.74, 6) is 0.672. The van der Waals surface area contributed by atoms with E-state index in [1.54, 1.807) is 14.9 Å². The van der Waals surface area contributed by atoms with Crippen LogP contribution in [0.15, 0.2) is 17.2 Å². The summed E-state index contributed by atoms with van der Waals surface area (Å²) in [6.07, 6.45) is 2.92. The van der Waals surface area contributed by atoms with Crippen LogP contribution in [0.4, 0.5) is 0 Å². The van der Waals surface area contributed by atoms with Crippen molar-refractivity contribution in [1.82, 2.24) is 19.7 Å². The zero-order chi connectivity index (χ0) is 9.42. The monoisotopic (exact) mass is 174 g/mol. The van der Waals surface area contributed by atoms with Crippen LogP contribution < -0.4 is 5.56 Å². The molecule has 0 aromatic carbocycles. The third kappa shape index (κ3) is 1.10. The Bertz CT molecular complexity index is 521. The molecule has 0 unspecified atom stereocenters. The fourth-order valence-corrected chi connectivity index (χ4v) is 1.15. The van der Waals surface area contributed by atoms with Gasteiger partial charge in [0.25, 0.3) is 0 Å². The summed E-state index contributed by atoms with van der Waals surface area (Å²) in [6, 6.07) is 0. The molecule has 0 saturated carbocycles. The summed E-state index contributed by atoms with van der Waals surface area (Å²) in [4.78, 5) is 15.8. The van der Waals surface area contributed by atoms with Gasteiger partial charge in [0.15, 0.2) is 0 Å². The van der Waals surface area contributed by atoms with E-state index in [1.807, 2.05) is 0 Å². The Morgan fingerprint density at radius 3 is 2.85 bits per heavy atom. The number of rotatable bonds is 0. The molecule has 0 atom stereocenters. The van der Waals surface area contributed by atoms with E-state index in [-0.39, 0.29) is 5.56 Å². The second-order valence-corrected chi connectivity index (χ2v) is 2.81. The smallest absolute Gasteiger partial charge is 0.250 e. The molecule has 64 valence electrons. The van der Waals surface area contributed by atoms with Crippen molar-refractivity contribution in [3.05, 3.63) is 28.6 Å². The van der Waals surface area contributed by atoms with Crippen molar-refractivity contribution in [2.24, 2.45) is 0 Å². The lowest BCUT2D eigenvalue weighted by Gasteiger charge is -2.03. The highest BCUT2D eigenvalue weighted by atomic mass is 16.1. The number of hydrogen-bond acceptors (Lipinski definition) is 4. The SMILES string of the molecule is Bn1c(C)nc2cnncc2c1=O. The molecule has 6 heteroatoms. The summed E-state index contributed by atoms with van der Waals surface area (Å²) < 4.78 is 1.49. The van der Waals surface area contributed by atoms with Gasteiger partial charge in [-0.15, -0.1) is 0 Å². The van der Waals surface area contributed by atoms with Gasteiger partial charge in [-0.05, 0) is 6.92 Å². The van der Waals surface area contributed by atoms with Gasteiger partial charge in [-0.3, -0.25) is 4.79 Å². The average Bonchev–Trinajstić information content (AvgIpc) is 2.15. The Kier molecular flexibility index (Phi) is 1.61. The van der Waals surface area contributed by atoms with E-state index in [9.17, 15) is 4.79 Å². The first kappa shape index (κ1) is 7.91. The van der Waals surface area contributed by atoms with Gasteiger partial charge in [-0.2, -0.15) is 10.2 Å². The molecule has 0 aliphatic rings. The van der Waals surface area contributed by atoms with Crippen LogP contribution in [-0.4, -0.2) is 27.6 Å². The van der Waals surface area contributed by atoms with E-state index in [1.165, 1.54) is 16.9 Å². The largest absolute Gasteiger partial charge is 0.350 e. The predicted octanol–water partition coefficient (Wildman–Crippen LogP) is -1.11. The lowest BCUT2D eigenvalue weighted by atomic mass is 10.3. The predicted molar refractivity (Wildman–Crippen MR) is 50.3 cm³/mol. The fraction of sp³-hybridized carbons (Fsp3) is 0.143. The van der Waals surface area contributed by atoms with E-state index in [4.69, 9.17) is 0 Å². The van der Waals surface area contributed by atoms with Gasteiger partial charge in [-0.25, -0.2) is 4.98 Å². The first-order valence-electron chi connectivity index (χ1n) is 3.84. The maximum Gasteiger partial charge on any atom is 0.250 e. The molecule has 0 N–H and O–H groups in total. The minimum Gasteiger partial charge on any atom is -0.350 e. The third-order valence-electron chi connectivity index (χ3n) is 2.01. The minimum atomic E-state index is -0.0857. The molecule has 0 aliphatic carbocycles. The van der Waals surface area contributed by atoms with Crippen LogP contribution in [0.2, 0.25) is 0 Å². The normalized spacial score (nSPS) is 10.5. The molecular weight excluding hydrogens is 167 g/mol. The van der Waals surface area contributed by atoms with Gasteiger partial charge < -0.3 is 4.48 Å². The van der Waals surface area contributed by atoms with Gasteiger partial charge >= 0.3 is 0 Å². The van der Waals surface area contributed by atoms with Gasteiger partial charge in [0.1, 0.15) is 0 Å². The molecule has 0 spiro atoms. The van der Waals surface area contributed by atoms with Gasteiger partial charge in [0.05, 0.1) is 29.1 Å². The lowest BCUT2D eigenvalue weighted by molar-refractivity contribution is 0.964. The third-order valence-corrected chi connectivity index (χ3v) is 2.01. The Morgan fingerprint density at radius 2 is 2.08 bits per heavy atom. The van der Waals surface area contributed by atoms with Crippen LogP contribution in [0.5, 0.6) is 0 Å². The van der Waals surface area contributed by atoms with Crippen LogP contribution in [-0.2, 0) is 0 Å². The highest BCUT2D eigenvalue weighted by Gasteiger charge is 2.03. The standard InChI is InChI=1S/C7H7BN4O/c1-4-11-6-3-10-9-2-5(6)7(13)12(4)8/h2-3H,8H2,1H3. The molecule has 2 aromatic rings. The quantitative estimate of drug-likeness (QED) is 0.475. The number of fused-ring (bicyclic) bond motifs is 1. The topological polar surface area (TPSA) is 60.7 Å². The van der Waals surface area contributed by atoms with Crippen LogP contribution in [0.3, 0.4) is 0 Å². The van der Waals surface area contributed by atoms with Crippen LogP contribution in [0.25, 0.3) is 10.9 Å². The van der Waals surface area contributed by atoms with Crippen molar-refractivity contribution in [3.63, 3.8) is 0 Å². The zero-order valence-corrected chi connectivity index (χ0v) is 7.35. The van der Waals surface area contributed by atoms with Crippen LogP contribution in [0.1, 0.15) is 5.82 Å². The molecule has 0 fully saturated rings. The number of nitrogens with zero attached hydrogens (tertiary/aromatic N) is 4. The van der Waals surface area contributed by atoms with Crippen molar-refractivity contribution in [2.75, 3.05) is 0 Å². The molecule has 0 amide bonds. The first-order chi connectivity index (χ1) is 6.20. The molecular formula is C7H7BN4O. The van der Waals surface area contributed by atoms with Crippen molar-refractivity contribution < 1.29 is 0 Å². The van der Waals surface area contributed by atoms with Crippen molar-refractivity contribution in [2.45, 2.75) is 6.92 Å². The Hall–Kier alpha value is -1.72. The van der Waals surface area contributed by atoms with Gasteiger partial charge in [0.2, 0.25) is 13.5 Å². The van der Waals surface area contributed by atoms with E-state index in [2.05, 4.69) is 15.2 Å². The summed E-state index contributed by atoms with van der Waals surface area (Å²) in [5, 5.41) is 7.81. The van der Waals surface area contributed by atoms with Crippen LogP contribution in [0, 0.1) is 6.92 Å². The molecule has 0 bridgehead atoms. The van der Waals surface area contributed by atoms with Gasteiger partial charge in [-0.1, -0.05) is 0 Å². The molecule has 13 heavy (non-hydrogen) atoms. The number of aromatic nitrogens is 4. The Morgan fingerprint density at radius 1 is 1.38 bits per heavy atom. The fourth-order valence-electron chi connectivity index (χ4n) is 1.15. The summed E-state index contributed by atoms with van der Waals surface area (Å²) in [5.41, 5.74) is 0.507.